The molecule has 0 bridgehead atoms. The van der Waals surface area contributed by atoms with Gasteiger partial charge >= 0.3 is 11.9 Å². The molecule has 1 N–H and O–H groups in total. The van der Waals surface area contributed by atoms with Gasteiger partial charge in [-0.1, -0.05) is 18.2 Å². The average molecular weight is 409 g/mol. The van der Waals surface area contributed by atoms with Crippen LogP contribution in [-0.2, 0) is 19.1 Å². The molecule has 2 aromatic carbocycles. The SMILES string of the molecule is COc1ccc(OC)c([C@@H](c2c[nH]c3ccccc23)C2C(=O)OC(C)(C)OC2=O)c1. The van der Waals surface area contributed by atoms with E-state index in [0.717, 1.165) is 16.5 Å². The van der Waals surface area contributed by atoms with E-state index in [1.807, 2.05) is 24.3 Å². The molecular formula is C23H23NO6. The van der Waals surface area contributed by atoms with E-state index in [4.69, 9.17) is 18.9 Å². The van der Waals surface area contributed by atoms with Crippen molar-refractivity contribution in [3.05, 3.63) is 59.8 Å². The molecule has 1 saturated heterocycles. The van der Waals surface area contributed by atoms with Gasteiger partial charge in [-0.3, -0.25) is 9.59 Å². The number of para-hydroxylation sites is 1. The zero-order valence-corrected chi connectivity index (χ0v) is 17.2. The zero-order chi connectivity index (χ0) is 21.5. The normalized spacial score (nSPS) is 17.3. The second-order valence-electron chi connectivity index (χ2n) is 7.59. The fourth-order valence-corrected chi connectivity index (χ4v) is 3.96. The maximum absolute atomic E-state index is 13.0. The second-order valence-corrected chi connectivity index (χ2v) is 7.59. The van der Waals surface area contributed by atoms with Crippen molar-refractivity contribution < 1.29 is 28.5 Å². The van der Waals surface area contributed by atoms with Crippen molar-refractivity contribution in [1.29, 1.82) is 0 Å². The number of aromatic nitrogens is 1. The zero-order valence-electron chi connectivity index (χ0n) is 17.2. The topological polar surface area (TPSA) is 86.8 Å². The van der Waals surface area contributed by atoms with E-state index in [9.17, 15) is 9.59 Å². The first-order valence-corrected chi connectivity index (χ1v) is 9.58. The number of nitrogens with one attached hydrogen (secondary N) is 1. The van der Waals surface area contributed by atoms with Crippen molar-refractivity contribution in [3.63, 3.8) is 0 Å². The lowest BCUT2D eigenvalue weighted by atomic mass is 9.79. The van der Waals surface area contributed by atoms with Crippen molar-refractivity contribution in [1.82, 2.24) is 4.98 Å². The molecule has 1 aromatic heterocycles. The molecule has 1 aliphatic heterocycles. The number of methoxy groups -OCH3 is 2. The van der Waals surface area contributed by atoms with Crippen LogP contribution in [0.1, 0.15) is 30.9 Å². The highest BCUT2D eigenvalue weighted by molar-refractivity contribution is 5.99. The number of fused-ring (bicyclic) bond motifs is 1. The minimum absolute atomic E-state index is 0.525. The summed E-state index contributed by atoms with van der Waals surface area (Å²) in [5.41, 5.74) is 2.27. The van der Waals surface area contributed by atoms with Crippen LogP contribution in [0, 0.1) is 5.92 Å². The lowest BCUT2D eigenvalue weighted by molar-refractivity contribution is -0.240. The van der Waals surface area contributed by atoms with Gasteiger partial charge in [0.25, 0.3) is 5.79 Å². The van der Waals surface area contributed by atoms with Crippen molar-refractivity contribution in [2.45, 2.75) is 25.6 Å². The molecule has 0 saturated carbocycles. The molecule has 7 heteroatoms. The van der Waals surface area contributed by atoms with Gasteiger partial charge in [0.2, 0.25) is 0 Å². The van der Waals surface area contributed by atoms with Crippen LogP contribution in [0.4, 0.5) is 0 Å². The summed E-state index contributed by atoms with van der Waals surface area (Å²) in [5, 5.41) is 0.887. The third-order valence-corrected chi connectivity index (χ3v) is 5.26. The largest absolute Gasteiger partial charge is 0.497 e. The van der Waals surface area contributed by atoms with Crippen LogP contribution in [0.15, 0.2) is 48.7 Å². The summed E-state index contributed by atoms with van der Waals surface area (Å²) < 4.78 is 21.8. The van der Waals surface area contributed by atoms with E-state index in [1.165, 1.54) is 21.0 Å². The van der Waals surface area contributed by atoms with Crippen molar-refractivity contribution >= 4 is 22.8 Å². The van der Waals surface area contributed by atoms with Crippen LogP contribution < -0.4 is 9.47 Å². The molecular weight excluding hydrogens is 386 g/mol. The number of ether oxygens (including phenoxy) is 4. The van der Waals surface area contributed by atoms with Gasteiger partial charge in [-0.05, 0) is 29.8 Å². The van der Waals surface area contributed by atoms with Crippen molar-refractivity contribution in [3.8, 4) is 11.5 Å². The van der Waals surface area contributed by atoms with Crippen molar-refractivity contribution in [2.75, 3.05) is 14.2 Å². The number of hydrogen-bond donors (Lipinski definition) is 1. The molecule has 0 radical (unpaired) electrons. The molecule has 1 aliphatic rings. The molecule has 156 valence electrons. The Labute approximate surface area is 173 Å². The van der Waals surface area contributed by atoms with Crippen LogP contribution in [0.5, 0.6) is 11.5 Å². The molecule has 2 heterocycles. The Morgan fingerprint density at radius 3 is 2.33 bits per heavy atom. The summed E-state index contributed by atoms with van der Waals surface area (Å²) in [5.74, 6) is -3.40. The summed E-state index contributed by atoms with van der Waals surface area (Å²) in [4.78, 5) is 29.2. The summed E-state index contributed by atoms with van der Waals surface area (Å²) in [6.45, 7) is 3.07. The smallest absolute Gasteiger partial charge is 0.324 e. The van der Waals surface area contributed by atoms with Gasteiger partial charge < -0.3 is 23.9 Å². The number of H-pyrrole nitrogens is 1. The number of benzene rings is 2. The summed E-state index contributed by atoms with van der Waals surface area (Å²) >= 11 is 0. The average Bonchev–Trinajstić information content (AvgIpc) is 3.13. The fraction of sp³-hybridized carbons (Fsp3) is 0.304. The third-order valence-electron chi connectivity index (χ3n) is 5.26. The molecule has 1 fully saturated rings. The highest BCUT2D eigenvalue weighted by Crippen LogP contribution is 2.44. The van der Waals surface area contributed by atoms with Crippen molar-refractivity contribution in [2.24, 2.45) is 5.92 Å². The molecule has 7 nitrogen and oxygen atoms in total. The van der Waals surface area contributed by atoms with Gasteiger partial charge in [-0.25, -0.2) is 0 Å². The maximum atomic E-state index is 13.0. The maximum Gasteiger partial charge on any atom is 0.324 e. The summed E-state index contributed by atoms with van der Waals surface area (Å²) in [7, 11) is 3.09. The Morgan fingerprint density at radius 1 is 0.967 bits per heavy atom. The molecule has 0 amide bonds. The fourth-order valence-electron chi connectivity index (χ4n) is 3.96. The van der Waals surface area contributed by atoms with Gasteiger partial charge in [0.1, 0.15) is 11.5 Å². The molecule has 30 heavy (non-hydrogen) atoms. The molecule has 4 rings (SSSR count). The summed E-state index contributed by atoms with van der Waals surface area (Å²) in [6.07, 6.45) is 1.80. The third kappa shape index (κ3) is 3.36. The van der Waals surface area contributed by atoms with Gasteiger partial charge in [-0.2, -0.15) is 0 Å². The second kappa shape index (κ2) is 7.40. The van der Waals surface area contributed by atoms with Crippen LogP contribution in [0.2, 0.25) is 0 Å². The van der Waals surface area contributed by atoms with E-state index >= 15 is 0 Å². The number of carbonyl (C=O) groups excluding carboxylic acids is 2. The molecule has 0 spiro atoms. The number of aromatic amines is 1. The number of cyclic esters (lactones) is 2. The first-order valence-electron chi connectivity index (χ1n) is 9.58. The number of rotatable bonds is 5. The molecule has 0 unspecified atom stereocenters. The Kier molecular flexibility index (Phi) is 4.89. The van der Waals surface area contributed by atoms with E-state index in [2.05, 4.69) is 4.98 Å². The molecule has 1 atom stereocenters. The van der Waals surface area contributed by atoms with E-state index < -0.39 is 29.6 Å². The Bertz CT molecular complexity index is 1100. The van der Waals surface area contributed by atoms with Gasteiger partial charge in [-0.15, -0.1) is 0 Å². The van der Waals surface area contributed by atoms with Gasteiger partial charge in [0.15, 0.2) is 5.92 Å². The highest BCUT2D eigenvalue weighted by atomic mass is 16.7. The Balaban J connectivity index is 1.95. The monoisotopic (exact) mass is 409 g/mol. The Morgan fingerprint density at radius 2 is 1.67 bits per heavy atom. The minimum Gasteiger partial charge on any atom is -0.497 e. The van der Waals surface area contributed by atoms with Crippen LogP contribution >= 0.6 is 0 Å². The summed E-state index contributed by atoms with van der Waals surface area (Å²) in [6, 6.07) is 13.0. The molecule has 3 aromatic rings. The lowest BCUT2D eigenvalue weighted by Crippen LogP contribution is -2.48. The first-order chi connectivity index (χ1) is 14.3. The highest BCUT2D eigenvalue weighted by Gasteiger charge is 2.49. The number of esters is 2. The van der Waals surface area contributed by atoms with Crippen LogP contribution in [-0.4, -0.2) is 36.9 Å². The number of carbonyl (C=O) groups is 2. The van der Waals surface area contributed by atoms with Gasteiger partial charge in [0.05, 0.1) is 14.2 Å². The standard InChI is InChI=1S/C23H23NO6/c1-23(2)29-21(25)20(22(26)30-23)19(15-11-13(27-3)9-10-18(15)28-4)16-12-24-17-8-6-5-7-14(16)17/h5-12,19-20,24H,1-4H3/t19-/m0/s1. The predicted molar refractivity (Wildman–Crippen MR) is 109 cm³/mol. The van der Waals surface area contributed by atoms with Crippen LogP contribution in [0.25, 0.3) is 10.9 Å². The van der Waals surface area contributed by atoms with E-state index in [1.54, 1.807) is 31.5 Å². The minimum atomic E-state index is -1.31. The molecule has 0 aliphatic carbocycles. The van der Waals surface area contributed by atoms with E-state index in [-0.39, 0.29) is 0 Å². The predicted octanol–water partition coefficient (Wildman–Crippen LogP) is 3.77. The lowest BCUT2D eigenvalue weighted by Gasteiger charge is -2.36. The van der Waals surface area contributed by atoms with Crippen LogP contribution in [0.3, 0.4) is 0 Å². The quantitative estimate of drug-likeness (QED) is 0.510. The number of hydrogen-bond acceptors (Lipinski definition) is 6. The first kappa shape index (κ1) is 19.8. The van der Waals surface area contributed by atoms with Gasteiger partial charge in [0, 0.05) is 42.4 Å². The van der Waals surface area contributed by atoms with E-state index in [0.29, 0.717) is 17.1 Å². The Hall–Kier alpha value is -3.48.